The second kappa shape index (κ2) is 5.38. The van der Waals surface area contributed by atoms with Crippen molar-refractivity contribution in [1.82, 2.24) is 4.98 Å². The summed E-state index contributed by atoms with van der Waals surface area (Å²) in [5.74, 6) is 0. The summed E-state index contributed by atoms with van der Waals surface area (Å²) < 4.78 is 24.7. The molecule has 1 heterocycles. The van der Waals surface area contributed by atoms with Gasteiger partial charge in [0.15, 0.2) is 0 Å². The molecule has 0 bridgehead atoms. The van der Waals surface area contributed by atoms with Crippen LogP contribution in [0, 0.1) is 6.92 Å². The number of aryl methyl sites for hydroxylation is 1. The van der Waals surface area contributed by atoms with Crippen LogP contribution in [0.4, 0.5) is 0 Å². The normalized spacial score (nSPS) is 10.9. The van der Waals surface area contributed by atoms with E-state index in [0.29, 0.717) is 0 Å². The van der Waals surface area contributed by atoms with Crippen LogP contribution >= 0.6 is 11.3 Å². The summed E-state index contributed by atoms with van der Waals surface area (Å²) in [5.41, 5.74) is 1.12. The highest BCUT2D eigenvalue weighted by Crippen LogP contribution is 2.19. The van der Waals surface area contributed by atoms with Crippen molar-refractivity contribution in [1.29, 1.82) is 0 Å². The zero-order chi connectivity index (χ0) is 12.2. The van der Waals surface area contributed by atoms with Crippen LogP contribution in [0.1, 0.15) is 5.01 Å². The molecule has 0 saturated carbocycles. The van der Waals surface area contributed by atoms with Crippen molar-refractivity contribution in [3.8, 4) is 0 Å². The Kier molecular flexibility index (Phi) is 4.40. The van der Waals surface area contributed by atoms with Gasteiger partial charge in [-0.2, -0.15) is 8.42 Å². The second-order valence-corrected chi connectivity index (χ2v) is 6.05. The van der Waals surface area contributed by atoms with Crippen molar-refractivity contribution in [3.05, 3.63) is 29.3 Å². The van der Waals surface area contributed by atoms with Crippen molar-refractivity contribution >= 4 is 31.7 Å². The predicted octanol–water partition coefficient (Wildman–Crippen LogP) is 2.20. The first-order valence-corrected chi connectivity index (χ1v) is 7.13. The summed E-state index contributed by atoms with van der Waals surface area (Å²) >= 11 is 1.74. The van der Waals surface area contributed by atoms with Crippen molar-refractivity contribution < 1.29 is 12.6 Å². The minimum atomic E-state index is -3.16. The van der Waals surface area contributed by atoms with Crippen LogP contribution in [0.3, 0.4) is 0 Å². The van der Waals surface area contributed by atoms with Gasteiger partial charge >= 0.3 is 0 Å². The van der Waals surface area contributed by atoms with Gasteiger partial charge in [0.25, 0.3) is 10.1 Å². The van der Waals surface area contributed by atoms with Gasteiger partial charge in [-0.3, -0.25) is 4.18 Å². The van der Waals surface area contributed by atoms with E-state index in [0.717, 1.165) is 23.9 Å². The highest BCUT2D eigenvalue weighted by Gasteiger charge is 1.95. The van der Waals surface area contributed by atoms with E-state index in [1.165, 1.54) is 4.70 Å². The number of fused-ring (bicyclic) bond motifs is 1. The van der Waals surface area contributed by atoms with Crippen LogP contribution in [0.5, 0.6) is 0 Å². The lowest BCUT2D eigenvalue weighted by atomic mass is 10.3. The molecule has 6 heteroatoms. The number of benzene rings is 1. The molecular weight excluding hydrogens is 246 g/mol. The summed E-state index contributed by atoms with van der Waals surface area (Å²) in [7, 11) is -2.04. The van der Waals surface area contributed by atoms with Gasteiger partial charge in [0.05, 0.1) is 28.6 Å². The number of nitrogens with zero attached hydrogens (tertiary/aromatic N) is 1. The van der Waals surface area contributed by atoms with Crippen LogP contribution in [-0.4, -0.2) is 26.8 Å². The number of thiazole rings is 1. The predicted molar refractivity (Wildman–Crippen MR) is 66.2 cm³/mol. The van der Waals surface area contributed by atoms with Gasteiger partial charge in [-0.1, -0.05) is 12.1 Å². The van der Waals surface area contributed by atoms with Crippen molar-refractivity contribution in [2.75, 3.05) is 13.4 Å². The smallest absolute Gasteiger partial charge is 0.264 e. The highest BCUT2D eigenvalue weighted by atomic mass is 32.2. The molecule has 88 valence electrons. The van der Waals surface area contributed by atoms with Gasteiger partial charge in [0, 0.05) is 0 Å². The van der Waals surface area contributed by atoms with Crippen LogP contribution in [0.2, 0.25) is 0 Å². The van der Waals surface area contributed by atoms with Gasteiger partial charge in [0.2, 0.25) is 0 Å². The fourth-order valence-electron chi connectivity index (χ4n) is 0.987. The lowest BCUT2D eigenvalue weighted by Gasteiger charge is -1.84. The van der Waals surface area contributed by atoms with Gasteiger partial charge in [-0.25, -0.2) is 4.98 Å². The molecule has 0 fully saturated rings. The molecule has 2 aromatic rings. The molecule has 16 heavy (non-hydrogen) atoms. The quantitative estimate of drug-likeness (QED) is 0.737. The summed E-state index contributed by atoms with van der Waals surface area (Å²) in [4.78, 5) is 4.33. The molecule has 0 saturated heterocycles. The molecule has 0 radical (unpaired) electrons. The molecule has 0 N–H and O–H groups in total. The first kappa shape index (κ1) is 13.1. The Morgan fingerprint density at radius 3 is 2.38 bits per heavy atom. The average molecular weight is 259 g/mol. The van der Waals surface area contributed by atoms with Crippen LogP contribution < -0.4 is 0 Å². The van der Waals surface area contributed by atoms with Gasteiger partial charge in [-0.15, -0.1) is 11.3 Å². The highest BCUT2D eigenvalue weighted by molar-refractivity contribution is 7.85. The molecule has 1 aromatic carbocycles. The molecule has 2 rings (SSSR count). The maximum atomic E-state index is 9.78. The van der Waals surface area contributed by atoms with Crippen LogP contribution in [-0.2, 0) is 14.3 Å². The zero-order valence-corrected chi connectivity index (χ0v) is 10.9. The average Bonchev–Trinajstić information content (AvgIpc) is 2.57. The molecule has 0 aliphatic rings. The fourth-order valence-corrected chi connectivity index (χ4v) is 1.81. The van der Waals surface area contributed by atoms with E-state index in [9.17, 15) is 8.42 Å². The Labute approximate surface area is 99.0 Å². The lowest BCUT2D eigenvalue weighted by molar-refractivity contribution is 0.403. The third-order valence-corrected chi connectivity index (χ3v) is 3.26. The van der Waals surface area contributed by atoms with E-state index in [4.69, 9.17) is 0 Å². The molecule has 0 spiro atoms. The molecule has 4 nitrogen and oxygen atoms in total. The number of para-hydroxylation sites is 1. The molecule has 0 aliphatic heterocycles. The SMILES string of the molecule is COS(C)(=O)=O.Cc1nc2ccccc2s1. The van der Waals surface area contributed by atoms with Gasteiger partial charge < -0.3 is 0 Å². The van der Waals surface area contributed by atoms with Gasteiger partial charge in [-0.05, 0) is 19.1 Å². The Morgan fingerprint density at radius 2 is 1.88 bits per heavy atom. The Bertz CT molecular complexity index is 527. The van der Waals surface area contributed by atoms with E-state index in [2.05, 4.69) is 15.2 Å². The lowest BCUT2D eigenvalue weighted by Crippen LogP contribution is -1.95. The van der Waals surface area contributed by atoms with E-state index in [-0.39, 0.29) is 0 Å². The Balaban J connectivity index is 0.000000187. The molecule has 0 aliphatic carbocycles. The fraction of sp³-hybridized carbons (Fsp3) is 0.300. The van der Waals surface area contributed by atoms with Crippen molar-refractivity contribution in [3.63, 3.8) is 0 Å². The topological polar surface area (TPSA) is 56.3 Å². The Morgan fingerprint density at radius 1 is 1.31 bits per heavy atom. The number of hydrogen-bond donors (Lipinski definition) is 0. The third kappa shape index (κ3) is 4.26. The molecule has 0 unspecified atom stereocenters. The van der Waals surface area contributed by atoms with Crippen LogP contribution in [0.25, 0.3) is 10.2 Å². The van der Waals surface area contributed by atoms with E-state index in [1.54, 1.807) is 11.3 Å². The minimum Gasteiger partial charge on any atom is -0.274 e. The monoisotopic (exact) mass is 259 g/mol. The summed E-state index contributed by atoms with van der Waals surface area (Å²) in [6.45, 7) is 2.03. The summed E-state index contributed by atoms with van der Waals surface area (Å²) in [5, 5.41) is 1.14. The molecular formula is C10H13NO3S2. The Hall–Kier alpha value is -0.980. The second-order valence-electron chi connectivity index (χ2n) is 3.07. The molecule has 0 amide bonds. The molecule has 1 aromatic heterocycles. The first-order valence-electron chi connectivity index (χ1n) is 4.50. The number of aromatic nitrogens is 1. The maximum Gasteiger partial charge on any atom is 0.264 e. The minimum absolute atomic E-state index is 0.993. The van der Waals surface area contributed by atoms with Gasteiger partial charge in [0.1, 0.15) is 0 Å². The molecule has 0 atom stereocenters. The van der Waals surface area contributed by atoms with Crippen LogP contribution in [0.15, 0.2) is 24.3 Å². The summed E-state index contributed by atoms with van der Waals surface area (Å²) in [6, 6.07) is 8.19. The maximum absolute atomic E-state index is 9.78. The number of rotatable bonds is 1. The third-order valence-electron chi connectivity index (χ3n) is 1.70. The largest absolute Gasteiger partial charge is 0.274 e. The van der Waals surface area contributed by atoms with E-state index < -0.39 is 10.1 Å². The standard InChI is InChI=1S/C8H7NS.C2H6O3S/c1-6-9-7-4-2-3-5-8(7)10-6;1-5-6(2,3)4/h2-5H,1H3;1-2H3. The summed E-state index contributed by atoms with van der Waals surface area (Å²) in [6.07, 6.45) is 0.993. The van der Waals surface area contributed by atoms with Crippen molar-refractivity contribution in [2.24, 2.45) is 0 Å². The number of hydrogen-bond acceptors (Lipinski definition) is 5. The van der Waals surface area contributed by atoms with E-state index >= 15 is 0 Å². The van der Waals surface area contributed by atoms with Crippen molar-refractivity contribution in [2.45, 2.75) is 6.92 Å². The van der Waals surface area contributed by atoms with E-state index in [1.807, 2.05) is 25.1 Å². The first-order chi connectivity index (χ1) is 7.42. The zero-order valence-electron chi connectivity index (χ0n) is 9.30.